The molecular weight excluding hydrogens is 392 g/mol. The van der Waals surface area contributed by atoms with Crippen LogP contribution in [0.25, 0.3) is 0 Å². The predicted molar refractivity (Wildman–Crippen MR) is 82.9 cm³/mol. The summed E-state index contributed by atoms with van der Waals surface area (Å²) in [4.78, 5) is 22.4. The van der Waals surface area contributed by atoms with Gasteiger partial charge in [0, 0.05) is 28.8 Å². The Hall–Kier alpha value is -1.47. The molecule has 5 nitrogen and oxygen atoms in total. The van der Waals surface area contributed by atoms with Crippen molar-refractivity contribution in [3.05, 3.63) is 71.5 Å². The molecule has 1 aromatic carbocycles. The van der Waals surface area contributed by atoms with Crippen LogP contribution in [0.1, 0.15) is 5.56 Å². The van der Waals surface area contributed by atoms with Crippen LogP contribution in [0.2, 0.25) is 0 Å². The third kappa shape index (κ3) is 3.34. The van der Waals surface area contributed by atoms with Gasteiger partial charge in [0.15, 0.2) is 0 Å². The largest absolute Gasteiger partial charge is 0.313 e. The Balaban J connectivity index is 2.26. The van der Waals surface area contributed by atoms with Crippen molar-refractivity contribution < 1.29 is 4.92 Å². The van der Waals surface area contributed by atoms with Crippen molar-refractivity contribution >= 4 is 37.5 Å². The Morgan fingerprint density at radius 1 is 1.25 bits per heavy atom. The zero-order valence-electron chi connectivity index (χ0n) is 10.3. The maximum absolute atomic E-state index is 11.9. The molecule has 0 aliphatic heterocycles. The highest BCUT2D eigenvalue weighted by atomic mass is 79.9. The van der Waals surface area contributed by atoms with E-state index < -0.39 is 4.92 Å². The predicted octanol–water partition coefficient (Wildman–Crippen LogP) is 3.52. The van der Waals surface area contributed by atoms with Crippen LogP contribution < -0.4 is 5.56 Å². The summed E-state index contributed by atoms with van der Waals surface area (Å²) < 4.78 is 2.74. The summed E-state index contributed by atoms with van der Waals surface area (Å²) in [6.07, 6.45) is 2.09. The molecule has 0 fully saturated rings. The van der Waals surface area contributed by atoms with Gasteiger partial charge in [-0.25, -0.2) is 0 Å². The minimum atomic E-state index is -0.408. The number of nitro groups is 1. The summed E-state index contributed by atoms with van der Waals surface area (Å²) in [5.41, 5.74) is 0.530. The number of nitrogens with zero attached hydrogens (tertiary/aromatic N) is 2. The van der Waals surface area contributed by atoms with E-state index in [1.54, 1.807) is 30.5 Å². The third-order valence-electron chi connectivity index (χ3n) is 2.82. The number of nitro benzene ring substituents is 1. The molecule has 0 radical (unpaired) electrons. The number of halogens is 2. The second kappa shape index (κ2) is 6.32. The second-order valence-electron chi connectivity index (χ2n) is 4.14. The highest BCUT2D eigenvalue weighted by Crippen LogP contribution is 2.19. The third-order valence-corrected chi connectivity index (χ3v) is 3.82. The first-order valence-corrected chi connectivity index (χ1v) is 7.35. The zero-order chi connectivity index (χ0) is 14.7. The van der Waals surface area contributed by atoms with Crippen LogP contribution in [0, 0.1) is 10.1 Å². The van der Waals surface area contributed by atoms with Crippen molar-refractivity contribution in [1.82, 2.24) is 4.57 Å². The number of hydrogen-bond donors (Lipinski definition) is 0. The van der Waals surface area contributed by atoms with Crippen LogP contribution in [0.4, 0.5) is 5.69 Å². The van der Waals surface area contributed by atoms with Gasteiger partial charge in [-0.3, -0.25) is 14.9 Å². The maximum Gasteiger partial charge on any atom is 0.272 e. The van der Waals surface area contributed by atoms with E-state index in [0.717, 1.165) is 4.47 Å². The van der Waals surface area contributed by atoms with E-state index in [-0.39, 0.29) is 11.2 Å². The van der Waals surface area contributed by atoms with Crippen molar-refractivity contribution in [2.24, 2.45) is 0 Å². The van der Waals surface area contributed by atoms with Gasteiger partial charge in [0.25, 0.3) is 11.2 Å². The Bertz CT molecular complexity index is 713. The van der Waals surface area contributed by atoms with E-state index in [0.29, 0.717) is 23.0 Å². The van der Waals surface area contributed by atoms with Gasteiger partial charge in [0.05, 0.1) is 9.40 Å². The van der Waals surface area contributed by atoms with Gasteiger partial charge in [-0.15, -0.1) is 0 Å². The molecule has 0 amide bonds. The smallest absolute Gasteiger partial charge is 0.272 e. The molecule has 7 heteroatoms. The van der Waals surface area contributed by atoms with Crippen LogP contribution in [0.15, 0.2) is 50.3 Å². The van der Waals surface area contributed by atoms with E-state index >= 15 is 0 Å². The number of hydrogen-bond acceptors (Lipinski definition) is 3. The first-order chi connectivity index (χ1) is 9.49. The lowest BCUT2D eigenvalue weighted by Crippen LogP contribution is -2.21. The molecule has 0 spiro atoms. The van der Waals surface area contributed by atoms with Gasteiger partial charge in [-0.2, -0.15) is 0 Å². The Labute approximate surface area is 131 Å². The monoisotopic (exact) mass is 400 g/mol. The van der Waals surface area contributed by atoms with E-state index in [4.69, 9.17) is 0 Å². The highest BCUT2D eigenvalue weighted by molar-refractivity contribution is 9.11. The fourth-order valence-electron chi connectivity index (χ4n) is 1.87. The number of pyridine rings is 1. The van der Waals surface area contributed by atoms with Crippen LogP contribution in [-0.4, -0.2) is 9.49 Å². The van der Waals surface area contributed by atoms with Gasteiger partial charge in [0.1, 0.15) is 0 Å². The van der Waals surface area contributed by atoms with Crippen molar-refractivity contribution in [2.45, 2.75) is 13.0 Å². The van der Waals surface area contributed by atoms with Gasteiger partial charge in [0.2, 0.25) is 0 Å². The molecule has 0 atom stereocenters. The van der Waals surface area contributed by atoms with Crippen LogP contribution in [-0.2, 0) is 13.0 Å². The molecule has 2 rings (SSSR count). The number of aryl methyl sites for hydroxylation is 2. The number of aromatic nitrogens is 1. The molecule has 0 aliphatic carbocycles. The van der Waals surface area contributed by atoms with E-state index in [2.05, 4.69) is 31.9 Å². The summed E-state index contributed by atoms with van der Waals surface area (Å²) >= 11 is 6.50. The number of rotatable bonds is 4. The van der Waals surface area contributed by atoms with Crippen molar-refractivity contribution in [1.29, 1.82) is 0 Å². The molecule has 20 heavy (non-hydrogen) atoms. The van der Waals surface area contributed by atoms with Gasteiger partial charge < -0.3 is 4.57 Å². The topological polar surface area (TPSA) is 65.1 Å². The number of para-hydroxylation sites is 1. The van der Waals surface area contributed by atoms with Gasteiger partial charge in [-0.05, 0) is 44.3 Å². The second-order valence-corrected chi connectivity index (χ2v) is 5.91. The maximum atomic E-state index is 11.9. The SMILES string of the molecule is O=c1c(Br)cc(Br)cn1CCc1ccccc1[N+](=O)[O-]. The minimum absolute atomic E-state index is 0.0783. The molecule has 0 bridgehead atoms. The van der Waals surface area contributed by atoms with Crippen molar-refractivity contribution in [2.75, 3.05) is 0 Å². The summed E-state index contributed by atoms with van der Waals surface area (Å²) in [6, 6.07) is 8.22. The Morgan fingerprint density at radius 3 is 2.65 bits per heavy atom. The molecule has 0 N–H and O–H groups in total. The molecule has 0 aliphatic rings. The van der Waals surface area contributed by atoms with Crippen LogP contribution in [0.5, 0.6) is 0 Å². The lowest BCUT2D eigenvalue weighted by molar-refractivity contribution is -0.385. The molecule has 0 saturated carbocycles. The molecule has 0 unspecified atom stereocenters. The first-order valence-electron chi connectivity index (χ1n) is 5.77. The summed E-state index contributed by atoms with van der Waals surface area (Å²) in [5.74, 6) is 0. The van der Waals surface area contributed by atoms with Crippen molar-refractivity contribution in [3.8, 4) is 0 Å². The average Bonchev–Trinajstić information content (AvgIpc) is 2.41. The highest BCUT2D eigenvalue weighted by Gasteiger charge is 2.12. The van der Waals surface area contributed by atoms with Gasteiger partial charge >= 0.3 is 0 Å². The average molecular weight is 402 g/mol. The lowest BCUT2D eigenvalue weighted by atomic mass is 10.1. The summed E-state index contributed by atoms with van der Waals surface area (Å²) in [7, 11) is 0. The summed E-state index contributed by atoms with van der Waals surface area (Å²) in [5, 5.41) is 10.9. The zero-order valence-corrected chi connectivity index (χ0v) is 13.4. The molecule has 1 aromatic heterocycles. The lowest BCUT2D eigenvalue weighted by Gasteiger charge is -2.07. The van der Waals surface area contributed by atoms with E-state index in [1.807, 2.05) is 0 Å². The van der Waals surface area contributed by atoms with Crippen molar-refractivity contribution in [3.63, 3.8) is 0 Å². The van der Waals surface area contributed by atoms with E-state index in [9.17, 15) is 14.9 Å². The first kappa shape index (κ1) is 14.9. The van der Waals surface area contributed by atoms with Crippen LogP contribution >= 0.6 is 31.9 Å². The summed E-state index contributed by atoms with van der Waals surface area (Å²) in [6.45, 7) is 0.377. The molecule has 1 heterocycles. The van der Waals surface area contributed by atoms with Crippen LogP contribution in [0.3, 0.4) is 0 Å². The Morgan fingerprint density at radius 2 is 1.95 bits per heavy atom. The normalized spacial score (nSPS) is 10.5. The molecule has 104 valence electrons. The molecule has 0 saturated heterocycles. The number of benzene rings is 1. The Kier molecular flexibility index (Phi) is 4.72. The standard InChI is InChI=1S/C13H10Br2N2O3/c14-10-7-11(15)13(18)16(8-10)6-5-9-3-1-2-4-12(9)17(19)20/h1-4,7-8H,5-6H2. The molecular formula is C13H10Br2N2O3. The fraction of sp³-hybridized carbons (Fsp3) is 0.154. The molecule has 2 aromatic rings. The van der Waals surface area contributed by atoms with E-state index in [1.165, 1.54) is 10.6 Å². The minimum Gasteiger partial charge on any atom is -0.313 e. The quantitative estimate of drug-likeness (QED) is 0.581. The van der Waals surface area contributed by atoms with Gasteiger partial charge in [-0.1, -0.05) is 18.2 Å². The fourth-order valence-corrected chi connectivity index (χ4v) is 3.13.